The molecule has 0 saturated carbocycles. The molecule has 0 aliphatic carbocycles. The van der Waals surface area contributed by atoms with E-state index in [-0.39, 0.29) is 5.91 Å². The minimum absolute atomic E-state index is 0.155. The van der Waals surface area contributed by atoms with Crippen LogP contribution in [0.1, 0.15) is 21.6 Å². The maximum absolute atomic E-state index is 12.1. The van der Waals surface area contributed by atoms with Gasteiger partial charge in [0.15, 0.2) is 0 Å². The Bertz CT molecular complexity index is 790. The first-order chi connectivity index (χ1) is 12.3. The lowest BCUT2D eigenvalue weighted by molar-refractivity contribution is 0.0953. The molecule has 0 unspecified atom stereocenters. The molecular weight excluding hydrogens is 314 g/mol. The number of aromatic nitrogens is 2. The van der Waals surface area contributed by atoms with Crippen LogP contribution >= 0.6 is 0 Å². The van der Waals surface area contributed by atoms with E-state index in [0.717, 1.165) is 11.3 Å². The first-order valence-electron chi connectivity index (χ1n) is 8.12. The van der Waals surface area contributed by atoms with Crippen molar-refractivity contribution in [2.75, 3.05) is 6.54 Å². The predicted octanol–water partition coefficient (Wildman–Crippen LogP) is 3.03. The molecule has 0 atom stereocenters. The van der Waals surface area contributed by atoms with Gasteiger partial charge >= 0.3 is 0 Å². The van der Waals surface area contributed by atoms with E-state index in [1.54, 1.807) is 18.3 Å². The molecule has 0 aliphatic rings. The standard InChI is InChI=1S/C20H19N3O2/c24-20(22-13-11-18-8-4-5-12-21-18)17-9-10-19(23-14-17)25-15-16-6-2-1-3-7-16/h1-10,12,14H,11,13,15H2,(H,22,24). The molecule has 1 N–H and O–H groups in total. The van der Waals surface area contributed by atoms with Crippen molar-refractivity contribution in [3.8, 4) is 5.88 Å². The molecule has 5 heteroatoms. The molecule has 1 aromatic carbocycles. The molecule has 0 fully saturated rings. The maximum atomic E-state index is 12.1. The normalized spacial score (nSPS) is 10.2. The smallest absolute Gasteiger partial charge is 0.252 e. The highest BCUT2D eigenvalue weighted by Gasteiger charge is 2.06. The third-order valence-corrected chi connectivity index (χ3v) is 3.62. The number of rotatable bonds is 7. The van der Waals surface area contributed by atoms with E-state index in [0.29, 0.717) is 31.0 Å². The Balaban J connectivity index is 1.47. The molecule has 3 aromatic rings. The van der Waals surface area contributed by atoms with E-state index < -0.39 is 0 Å². The van der Waals surface area contributed by atoms with Crippen molar-refractivity contribution in [2.24, 2.45) is 0 Å². The summed E-state index contributed by atoms with van der Waals surface area (Å²) in [5.41, 5.74) is 2.53. The molecule has 0 radical (unpaired) electrons. The lowest BCUT2D eigenvalue weighted by atomic mass is 10.2. The summed E-state index contributed by atoms with van der Waals surface area (Å²) in [5.74, 6) is 0.340. The van der Waals surface area contributed by atoms with Gasteiger partial charge < -0.3 is 10.1 Å². The molecule has 2 heterocycles. The second-order valence-corrected chi connectivity index (χ2v) is 5.49. The highest BCUT2D eigenvalue weighted by molar-refractivity contribution is 5.93. The van der Waals surface area contributed by atoms with Gasteiger partial charge in [-0.3, -0.25) is 9.78 Å². The summed E-state index contributed by atoms with van der Waals surface area (Å²) in [5, 5.41) is 2.86. The molecule has 2 aromatic heterocycles. The fraction of sp³-hybridized carbons (Fsp3) is 0.150. The van der Waals surface area contributed by atoms with E-state index in [9.17, 15) is 4.79 Å². The van der Waals surface area contributed by atoms with E-state index in [1.807, 2.05) is 48.5 Å². The lowest BCUT2D eigenvalue weighted by Crippen LogP contribution is -2.26. The average molecular weight is 333 g/mol. The van der Waals surface area contributed by atoms with Crippen molar-refractivity contribution in [1.82, 2.24) is 15.3 Å². The van der Waals surface area contributed by atoms with Gasteiger partial charge in [-0.15, -0.1) is 0 Å². The van der Waals surface area contributed by atoms with E-state index in [1.165, 1.54) is 6.20 Å². The molecule has 0 aliphatic heterocycles. The quantitative estimate of drug-likeness (QED) is 0.722. The van der Waals surface area contributed by atoms with Gasteiger partial charge in [0.2, 0.25) is 5.88 Å². The second kappa shape index (κ2) is 8.59. The number of nitrogens with one attached hydrogen (secondary N) is 1. The van der Waals surface area contributed by atoms with Crippen molar-refractivity contribution in [2.45, 2.75) is 13.0 Å². The third-order valence-electron chi connectivity index (χ3n) is 3.62. The van der Waals surface area contributed by atoms with Crippen molar-refractivity contribution >= 4 is 5.91 Å². The van der Waals surface area contributed by atoms with Crippen LogP contribution in [-0.2, 0) is 13.0 Å². The minimum Gasteiger partial charge on any atom is -0.473 e. The molecule has 5 nitrogen and oxygen atoms in total. The number of nitrogens with zero attached hydrogens (tertiary/aromatic N) is 2. The van der Waals surface area contributed by atoms with Gasteiger partial charge in [0.25, 0.3) is 5.91 Å². The van der Waals surface area contributed by atoms with Gasteiger partial charge in [-0.25, -0.2) is 4.98 Å². The molecule has 1 amide bonds. The number of benzene rings is 1. The van der Waals surface area contributed by atoms with Crippen molar-refractivity contribution in [3.63, 3.8) is 0 Å². The maximum Gasteiger partial charge on any atom is 0.252 e. The Morgan fingerprint density at radius 1 is 0.960 bits per heavy atom. The van der Waals surface area contributed by atoms with Crippen LogP contribution in [-0.4, -0.2) is 22.4 Å². The molecule has 0 saturated heterocycles. The van der Waals surface area contributed by atoms with Gasteiger partial charge in [0.1, 0.15) is 6.61 Å². The number of pyridine rings is 2. The topological polar surface area (TPSA) is 64.1 Å². The Morgan fingerprint density at radius 2 is 1.80 bits per heavy atom. The molecule has 3 rings (SSSR count). The SMILES string of the molecule is O=C(NCCc1ccccn1)c1ccc(OCc2ccccc2)nc1. The molecular formula is C20H19N3O2. The number of amides is 1. The summed E-state index contributed by atoms with van der Waals surface area (Å²) in [7, 11) is 0. The highest BCUT2D eigenvalue weighted by atomic mass is 16.5. The average Bonchev–Trinajstić information content (AvgIpc) is 2.68. The molecule has 0 bridgehead atoms. The van der Waals surface area contributed by atoms with Gasteiger partial charge in [-0.05, 0) is 23.8 Å². The summed E-state index contributed by atoms with van der Waals surface area (Å²) in [6, 6.07) is 19.0. The number of hydrogen-bond donors (Lipinski definition) is 1. The van der Waals surface area contributed by atoms with Crippen LogP contribution in [0.4, 0.5) is 0 Å². The van der Waals surface area contributed by atoms with Crippen LogP contribution in [0, 0.1) is 0 Å². The Labute approximate surface area is 146 Å². The van der Waals surface area contributed by atoms with Crippen molar-refractivity contribution in [3.05, 3.63) is 89.9 Å². The zero-order valence-corrected chi connectivity index (χ0v) is 13.8. The monoisotopic (exact) mass is 333 g/mol. The largest absolute Gasteiger partial charge is 0.473 e. The zero-order chi connectivity index (χ0) is 17.3. The van der Waals surface area contributed by atoms with Crippen molar-refractivity contribution < 1.29 is 9.53 Å². The number of ether oxygens (including phenoxy) is 1. The van der Waals surface area contributed by atoms with Gasteiger partial charge in [-0.2, -0.15) is 0 Å². The highest BCUT2D eigenvalue weighted by Crippen LogP contribution is 2.10. The Kier molecular flexibility index (Phi) is 5.72. The third kappa shape index (κ3) is 5.14. The molecule has 0 spiro atoms. The summed E-state index contributed by atoms with van der Waals surface area (Å²) in [6.45, 7) is 0.978. The van der Waals surface area contributed by atoms with E-state index in [2.05, 4.69) is 15.3 Å². The number of hydrogen-bond acceptors (Lipinski definition) is 4. The van der Waals surface area contributed by atoms with Crippen LogP contribution in [0.25, 0.3) is 0 Å². The first kappa shape index (κ1) is 16.6. The minimum atomic E-state index is -0.155. The van der Waals surface area contributed by atoms with E-state index in [4.69, 9.17) is 4.74 Å². The zero-order valence-electron chi connectivity index (χ0n) is 13.8. The van der Waals surface area contributed by atoms with Crippen molar-refractivity contribution in [1.29, 1.82) is 0 Å². The Morgan fingerprint density at radius 3 is 2.52 bits per heavy atom. The van der Waals surface area contributed by atoms with Gasteiger partial charge in [0, 0.05) is 37.1 Å². The molecule has 126 valence electrons. The summed E-state index contributed by atoms with van der Waals surface area (Å²) < 4.78 is 5.61. The van der Waals surface area contributed by atoms with Crippen LogP contribution in [0.15, 0.2) is 73.1 Å². The molecule has 25 heavy (non-hydrogen) atoms. The van der Waals surface area contributed by atoms with E-state index >= 15 is 0 Å². The summed E-state index contributed by atoms with van der Waals surface area (Å²) >= 11 is 0. The second-order valence-electron chi connectivity index (χ2n) is 5.49. The fourth-order valence-corrected chi connectivity index (χ4v) is 2.28. The van der Waals surface area contributed by atoms with Crippen LogP contribution < -0.4 is 10.1 Å². The fourth-order valence-electron chi connectivity index (χ4n) is 2.28. The van der Waals surface area contributed by atoms with Crippen LogP contribution in [0.5, 0.6) is 5.88 Å². The number of carbonyl (C=O) groups is 1. The summed E-state index contributed by atoms with van der Waals surface area (Å²) in [6.07, 6.45) is 3.96. The predicted molar refractivity (Wildman–Crippen MR) is 95.3 cm³/mol. The summed E-state index contributed by atoms with van der Waals surface area (Å²) in [4.78, 5) is 20.5. The number of carbonyl (C=O) groups excluding carboxylic acids is 1. The van der Waals surface area contributed by atoms with Gasteiger partial charge in [-0.1, -0.05) is 36.4 Å². The van der Waals surface area contributed by atoms with Gasteiger partial charge in [0.05, 0.1) is 5.56 Å². The lowest BCUT2D eigenvalue weighted by Gasteiger charge is -2.07. The van der Waals surface area contributed by atoms with Crippen LogP contribution in [0.3, 0.4) is 0 Å². The Hall–Kier alpha value is -3.21. The van der Waals surface area contributed by atoms with Crippen LogP contribution in [0.2, 0.25) is 0 Å². The first-order valence-corrected chi connectivity index (χ1v) is 8.12.